The Morgan fingerprint density at radius 3 is 2.82 bits per heavy atom. The van der Waals surface area contributed by atoms with Gasteiger partial charge in [-0.1, -0.05) is 6.92 Å². The molecule has 0 aromatic carbocycles. The van der Waals surface area contributed by atoms with Gasteiger partial charge in [0.25, 0.3) is 0 Å². The molecular weight excluding hydrogens is 220 g/mol. The topological polar surface area (TPSA) is 91.7 Å². The number of aromatic nitrogens is 5. The molecule has 0 saturated carbocycles. The lowest BCUT2D eigenvalue weighted by Gasteiger charge is -2.04. The second-order valence-electron chi connectivity index (χ2n) is 3.55. The van der Waals surface area contributed by atoms with E-state index in [1.165, 1.54) is 0 Å². The maximum absolute atomic E-state index is 5.61. The third-order valence-corrected chi connectivity index (χ3v) is 2.03. The summed E-state index contributed by atoms with van der Waals surface area (Å²) in [6.45, 7) is 2.56. The van der Waals surface area contributed by atoms with Gasteiger partial charge in [0.1, 0.15) is 0 Å². The third-order valence-electron chi connectivity index (χ3n) is 2.03. The summed E-state index contributed by atoms with van der Waals surface area (Å²) in [4.78, 5) is 12.1. The van der Waals surface area contributed by atoms with Gasteiger partial charge in [0.2, 0.25) is 5.95 Å². The molecule has 0 aliphatic rings. The minimum Gasteiger partial charge on any atom is -0.463 e. The van der Waals surface area contributed by atoms with E-state index in [1.54, 1.807) is 17.1 Å². The highest BCUT2D eigenvalue weighted by Gasteiger charge is 2.09. The second-order valence-corrected chi connectivity index (χ2v) is 3.55. The molecule has 0 saturated heterocycles. The van der Waals surface area contributed by atoms with Crippen molar-refractivity contribution in [2.24, 2.45) is 7.05 Å². The smallest absolute Gasteiger partial charge is 0.321 e. The van der Waals surface area contributed by atoms with Gasteiger partial charge < -0.3 is 10.5 Å². The Morgan fingerprint density at radius 2 is 2.18 bits per heavy atom. The summed E-state index contributed by atoms with van der Waals surface area (Å²) in [6.07, 6.45) is 4.35. The summed E-state index contributed by atoms with van der Waals surface area (Å²) in [5, 5.41) is 4.05. The largest absolute Gasteiger partial charge is 0.463 e. The predicted molar refractivity (Wildman–Crippen MR) is 62.2 cm³/mol. The van der Waals surface area contributed by atoms with Crippen LogP contribution < -0.4 is 10.5 Å². The first-order chi connectivity index (χ1) is 8.19. The first kappa shape index (κ1) is 11.3. The van der Waals surface area contributed by atoms with Crippen LogP contribution in [0.4, 0.5) is 5.95 Å². The molecular formula is C10H14N6O. The van der Waals surface area contributed by atoms with Crippen LogP contribution in [-0.2, 0) is 7.05 Å². The van der Waals surface area contributed by atoms with Crippen LogP contribution in [0, 0.1) is 0 Å². The number of rotatable bonds is 4. The lowest BCUT2D eigenvalue weighted by atomic mass is 10.3. The minimum atomic E-state index is 0.143. The van der Waals surface area contributed by atoms with Crippen LogP contribution in [0.25, 0.3) is 11.4 Å². The summed E-state index contributed by atoms with van der Waals surface area (Å²) in [5.41, 5.74) is 6.39. The Balaban J connectivity index is 2.31. The molecule has 2 N–H and O–H groups in total. The molecule has 2 heterocycles. The van der Waals surface area contributed by atoms with Crippen molar-refractivity contribution < 1.29 is 4.74 Å². The lowest BCUT2D eigenvalue weighted by molar-refractivity contribution is 0.292. The molecule has 2 aromatic heterocycles. The summed E-state index contributed by atoms with van der Waals surface area (Å²) in [6, 6.07) is 0.248. The molecule has 2 aromatic rings. The van der Waals surface area contributed by atoms with Gasteiger partial charge in [-0.2, -0.15) is 20.1 Å². The van der Waals surface area contributed by atoms with Crippen LogP contribution in [0.2, 0.25) is 0 Å². The Hall–Kier alpha value is -2.18. The van der Waals surface area contributed by atoms with Gasteiger partial charge in [-0.05, 0) is 6.42 Å². The molecule has 0 radical (unpaired) electrons. The number of ether oxygens (including phenoxy) is 1. The highest BCUT2D eigenvalue weighted by atomic mass is 16.5. The molecule has 0 spiro atoms. The zero-order chi connectivity index (χ0) is 12.3. The van der Waals surface area contributed by atoms with Crippen molar-refractivity contribution in [2.45, 2.75) is 13.3 Å². The van der Waals surface area contributed by atoms with E-state index in [0.717, 1.165) is 12.0 Å². The number of nitrogens with two attached hydrogens (primary N) is 1. The molecule has 17 heavy (non-hydrogen) atoms. The van der Waals surface area contributed by atoms with Gasteiger partial charge in [0.15, 0.2) is 5.82 Å². The van der Waals surface area contributed by atoms with Crippen molar-refractivity contribution in [1.29, 1.82) is 0 Å². The molecule has 0 atom stereocenters. The zero-order valence-electron chi connectivity index (χ0n) is 9.79. The van der Waals surface area contributed by atoms with Crippen molar-refractivity contribution in [2.75, 3.05) is 12.3 Å². The first-order valence-corrected chi connectivity index (χ1v) is 5.32. The van der Waals surface area contributed by atoms with E-state index < -0.39 is 0 Å². The standard InChI is InChI=1S/C10H14N6O/c1-3-4-17-10-14-8(13-9(11)15-10)7-5-12-16(2)6-7/h5-6H,3-4H2,1-2H3,(H2,11,13,14,15). The SMILES string of the molecule is CCCOc1nc(N)nc(-c2cnn(C)c2)n1. The van der Waals surface area contributed by atoms with Crippen LogP contribution in [0.15, 0.2) is 12.4 Å². The van der Waals surface area contributed by atoms with E-state index in [9.17, 15) is 0 Å². The molecule has 0 aliphatic heterocycles. The minimum absolute atomic E-state index is 0.143. The molecule has 7 heteroatoms. The number of hydrogen-bond acceptors (Lipinski definition) is 6. The number of nitrogens with zero attached hydrogens (tertiary/aromatic N) is 5. The van der Waals surface area contributed by atoms with Crippen LogP contribution in [0.1, 0.15) is 13.3 Å². The van der Waals surface area contributed by atoms with Crippen molar-refractivity contribution in [3.8, 4) is 17.4 Å². The third kappa shape index (κ3) is 2.68. The van der Waals surface area contributed by atoms with Crippen molar-refractivity contribution in [1.82, 2.24) is 24.7 Å². The normalized spacial score (nSPS) is 10.5. The van der Waals surface area contributed by atoms with E-state index in [0.29, 0.717) is 12.4 Å². The fraction of sp³-hybridized carbons (Fsp3) is 0.400. The molecule has 90 valence electrons. The Bertz CT molecular complexity index is 509. The van der Waals surface area contributed by atoms with E-state index >= 15 is 0 Å². The van der Waals surface area contributed by atoms with E-state index in [-0.39, 0.29) is 12.0 Å². The van der Waals surface area contributed by atoms with Gasteiger partial charge in [0, 0.05) is 13.2 Å². The average Bonchev–Trinajstić information content (AvgIpc) is 2.72. The van der Waals surface area contributed by atoms with Gasteiger partial charge in [-0.25, -0.2) is 0 Å². The molecule has 0 bridgehead atoms. The maximum atomic E-state index is 5.61. The lowest BCUT2D eigenvalue weighted by Crippen LogP contribution is -2.05. The van der Waals surface area contributed by atoms with E-state index in [4.69, 9.17) is 10.5 Å². The number of aryl methyl sites for hydroxylation is 1. The van der Waals surface area contributed by atoms with Crippen LogP contribution in [0.5, 0.6) is 6.01 Å². The first-order valence-electron chi connectivity index (χ1n) is 5.32. The number of anilines is 1. The second kappa shape index (κ2) is 4.77. The van der Waals surface area contributed by atoms with Crippen molar-refractivity contribution >= 4 is 5.95 Å². The monoisotopic (exact) mass is 234 g/mol. The molecule has 0 fully saturated rings. The Morgan fingerprint density at radius 1 is 1.35 bits per heavy atom. The molecule has 7 nitrogen and oxygen atoms in total. The van der Waals surface area contributed by atoms with Crippen LogP contribution >= 0.6 is 0 Å². The quantitative estimate of drug-likeness (QED) is 0.834. The van der Waals surface area contributed by atoms with Crippen molar-refractivity contribution in [3.05, 3.63) is 12.4 Å². The fourth-order valence-corrected chi connectivity index (χ4v) is 1.30. The summed E-state index contributed by atoms with van der Waals surface area (Å²) >= 11 is 0. The molecule has 0 aliphatic carbocycles. The predicted octanol–water partition coefficient (Wildman–Crippen LogP) is 0.643. The van der Waals surface area contributed by atoms with Gasteiger partial charge >= 0.3 is 6.01 Å². The van der Waals surface area contributed by atoms with E-state index in [1.807, 2.05) is 14.0 Å². The van der Waals surface area contributed by atoms with Gasteiger partial charge in [0.05, 0.1) is 18.4 Å². The Kier molecular flexibility index (Phi) is 3.17. The van der Waals surface area contributed by atoms with Gasteiger partial charge in [-0.15, -0.1) is 0 Å². The summed E-state index contributed by atoms with van der Waals surface area (Å²) in [7, 11) is 1.82. The Labute approximate surface area is 98.7 Å². The number of hydrogen-bond donors (Lipinski definition) is 1. The zero-order valence-corrected chi connectivity index (χ0v) is 9.79. The van der Waals surface area contributed by atoms with Crippen LogP contribution in [0.3, 0.4) is 0 Å². The van der Waals surface area contributed by atoms with Crippen LogP contribution in [-0.4, -0.2) is 31.3 Å². The summed E-state index contributed by atoms with van der Waals surface area (Å²) < 4.78 is 7.00. The molecule has 2 rings (SSSR count). The fourth-order valence-electron chi connectivity index (χ4n) is 1.30. The molecule has 0 unspecified atom stereocenters. The molecule has 0 amide bonds. The maximum Gasteiger partial charge on any atom is 0.321 e. The highest BCUT2D eigenvalue weighted by Crippen LogP contribution is 2.16. The highest BCUT2D eigenvalue weighted by molar-refractivity contribution is 5.53. The van der Waals surface area contributed by atoms with Crippen molar-refractivity contribution in [3.63, 3.8) is 0 Å². The van der Waals surface area contributed by atoms with Gasteiger partial charge in [-0.3, -0.25) is 4.68 Å². The van der Waals surface area contributed by atoms with E-state index in [2.05, 4.69) is 20.1 Å². The number of nitrogen functional groups attached to an aromatic ring is 1. The average molecular weight is 234 g/mol. The summed E-state index contributed by atoms with van der Waals surface area (Å²) in [5.74, 6) is 0.613.